The van der Waals surface area contributed by atoms with Crippen LogP contribution >= 0.6 is 0 Å². The van der Waals surface area contributed by atoms with E-state index in [0.29, 0.717) is 5.69 Å². The zero-order valence-electron chi connectivity index (χ0n) is 9.23. The number of aryl methyl sites for hydroxylation is 1. The lowest BCUT2D eigenvalue weighted by atomic mass is 10.2. The second-order valence-corrected chi connectivity index (χ2v) is 5.85. The van der Waals surface area contributed by atoms with Crippen LogP contribution in [-0.2, 0) is 15.6 Å². The molecule has 6 heteroatoms. The molecule has 17 heavy (non-hydrogen) atoms. The summed E-state index contributed by atoms with van der Waals surface area (Å²) in [5, 5.41) is 4.83. The molecule has 0 aliphatic carbocycles. The van der Waals surface area contributed by atoms with Gasteiger partial charge in [-0.25, -0.2) is 8.42 Å². The van der Waals surface area contributed by atoms with E-state index in [9.17, 15) is 13.2 Å². The minimum Gasteiger partial charge on any atom is -0.301 e. The molecule has 0 aliphatic rings. The Morgan fingerprint density at radius 2 is 1.76 bits per heavy atom. The van der Waals surface area contributed by atoms with Gasteiger partial charge in [0.25, 0.3) is 5.56 Å². The van der Waals surface area contributed by atoms with Crippen molar-refractivity contribution in [3.05, 3.63) is 51.9 Å². The fourth-order valence-corrected chi connectivity index (χ4v) is 2.77. The van der Waals surface area contributed by atoms with E-state index in [-0.39, 0.29) is 16.2 Å². The highest BCUT2D eigenvalue weighted by Gasteiger charge is 2.16. The van der Waals surface area contributed by atoms with Gasteiger partial charge in [-0.2, -0.15) is 0 Å². The maximum atomic E-state index is 12.0. The zero-order valence-corrected chi connectivity index (χ0v) is 10.0. The van der Waals surface area contributed by atoms with Crippen molar-refractivity contribution in [3.63, 3.8) is 0 Å². The van der Waals surface area contributed by atoms with Crippen molar-refractivity contribution >= 4 is 9.84 Å². The smallest absolute Gasteiger partial charge is 0.264 e. The van der Waals surface area contributed by atoms with Crippen LogP contribution in [0.15, 0.2) is 40.0 Å². The normalized spacial score (nSPS) is 11.6. The van der Waals surface area contributed by atoms with Crippen molar-refractivity contribution in [2.24, 2.45) is 0 Å². The van der Waals surface area contributed by atoms with Crippen LogP contribution in [0.4, 0.5) is 0 Å². The van der Waals surface area contributed by atoms with E-state index in [1.807, 2.05) is 6.92 Å². The number of sulfone groups is 1. The number of nitrogens with one attached hydrogen (secondary N) is 2. The van der Waals surface area contributed by atoms with Gasteiger partial charge in [-0.05, 0) is 19.1 Å². The molecule has 0 bridgehead atoms. The van der Waals surface area contributed by atoms with Gasteiger partial charge < -0.3 is 5.10 Å². The lowest BCUT2D eigenvalue weighted by Gasteiger charge is -2.03. The van der Waals surface area contributed by atoms with Crippen molar-refractivity contribution in [1.82, 2.24) is 10.2 Å². The number of hydrogen-bond acceptors (Lipinski definition) is 3. The van der Waals surface area contributed by atoms with Crippen LogP contribution in [-0.4, -0.2) is 18.6 Å². The second-order valence-electron chi connectivity index (χ2n) is 3.86. The van der Waals surface area contributed by atoms with E-state index < -0.39 is 9.84 Å². The summed E-state index contributed by atoms with van der Waals surface area (Å²) in [6.45, 7) is 1.89. The molecule has 0 fully saturated rings. The number of rotatable bonds is 3. The largest absolute Gasteiger partial charge is 0.301 e. The summed E-state index contributed by atoms with van der Waals surface area (Å²) in [7, 11) is -3.41. The van der Waals surface area contributed by atoms with Crippen molar-refractivity contribution < 1.29 is 8.42 Å². The quantitative estimate of drug-likeness (QED) is 0.854. The number of aromatic amines is 2. The van der Waals surface area contributed by atoms with E-state index in [1.54, 1.807) is 24.3 Å². The van der Waals surface area contributed by atoms with Gasteiger partial charge in [0.05, 0.1) is 16.3 Å². The van der Waals surface area contributed by atoms with Gasteiger partial charge in [-0.3, -0.25) is 9.89 Å². The summed E-state index contributed by atoms with van der Waals surface area (Å²) in [5.74, 6) is -0.213. The molecule has 0 spiro atoms. The summed E-state index contributed by atoms with van der Waals surface area (Å²) in [4.78, 5) is 11.1. The average Bonchev–Trinajstić information content (AvgIpc) is 2.63. The number of hydrogen-bond donors (Lipinski definition) is 2. The highest BCUT2D eigenvalue weighted by atomic mass is 32.2. The maximum Gasteiger partial charge on any atom is 0.264 e. The summed E-state index contributed by atoms with van der Waals surface area (Å²) >= 11 is 0. The van der Waals surface area contributed by atoms with Crippen LogP contribution in [0, 0.1) is 6.92 Å². The third-order valence-electron chi connectivity index (χ3n) is 2.38. The molecule has 0 saturated heterocycles. The molecule has 0 aliphatic heterocycles. The van der Waals surface area contributed by atoms with Crippen LogP contribution in [0.5, 0.6) is 0 Å². The van der Waals surface area contributed by atoms with Crippen molar-refractivity contribution in [2.45, 2.75) is 17.6 Å². The first-order chi connectivity index (χ1) is 7.97. The van der Waals surface area contributed by atoms with E-state index in [2.05, 4.69) is 10.2 Å². The molecule has 1 aromatic carbocycles. The molecule has 1 aromatic heterocycles. The van der Waals surface area contributed by atoms with E-state index in [4.69, 9.17) is 0 Å². The van der Waals surface area contributed by atoms with Crippen LogP contribution < -0.4 is 5.56 Å². The first-order valence-electron chi connectivity index (χ1n) is 5.03. The Bertz CT molecular complexity index is 665. The van der Waals surface area contributed by atoms with Gasteiger partial charge >= 0.3 is 0 Å². The van der Waals surface area contributed by atoms with Crippen molar-refractivity contribution in [3.8, 4) is 0 Å². The molecular weight excluding hydrogens is 240 g/mol. The van der Waals surface area contributed by atoms with Crippen molar-refractivity contribution in [2.75, 3.05) is 0 Å². The summed E-state index contributed by atoms with van der Waals surface area (Å²) in [5.41, 5.74) is 1.02. The molecule has 5 nitrogen and oxygen atoms in total. The Kier molecular flexibility index (Phi) is 2.89. The van der Waals surface area contributed by atoms with E-state index >= 15 is 0 Å². The molecule has 2 N–H and O–H groups in total. The molecule has 2 rings (SSSR count). The van der Waals surface area contributed by atoms with Gasteiger partial charge in [-0.1, -0.05) is 17.7 Å². The molecule has 2 aromatic rings. The van der Waals surface area contributed by atoms with Gasteiger partial charge in [0, 0.05) is 6.07 Å². The van der Waals surface area contributed by atoms with E-state index in [1.165, 1.54) is 6.07 Å². The third kappa shape index (κ3) is 2.65. The molecule has 90 valence electrons. The van der Waals surface area contributed by atoms with Gasteiger partial charge in [0.15, 0.2) is 9.84 Å². The zero-order chi connectivity index (χ0) is 12.5. The fourth-order valence-electron chi connectivity index (χ4n) is 1.48. The minimum absolute atomic E-state index is 0.213. The number of H-pyrrole nitrogens is 2. The highest BCUT2D eigenvalue weighted by molar-refractivity contribution is 7.90. The predicted octanol–water partition coefficient (Wildman–Crippen LogP) is 0.985. The Morgan fingerprint density at radius 1 is 1.12 bits per heavy atom. The summed E-state index contributed by atoms with van der Waals surface area (Å²) in [6, 6.07) is 7.86. The molecular formula is C11H12N2O3S. The first-order valence-corrected chi connectivity index (χ1v) is 6.68. The Hall–Kier alpha value is -1.82. The minimum atomic E-state index is -3.41. The standard InChI is InChI=1S/C11H12N2O3S/c1-8-2-4-10(5-3-8)17(15,16)7-9-6-11(14)13-12-9/h2-6H,7H2,1H3,(H2,12,13,14). The van der Waals surface area contributed by atoms with Gasteiger partial charge in [-0.15, -0.1) is 0 Å². The van der Waals surface area contributed by atoms with Crippen molar-refractivity contribution in [1.29, 1.82) is 0 Å². The van der Waals surface area contributed by atoms with Crippen LogP contribution in [0.1, 0.15) is 11.3 Å². The Morgan fingerprint density at radius 3 is 2.29 bits per heavy atom. The van der Waals surface area contributed by atoms with Crippen LogP contribution in [0.2, 0.25) is 0 Å². The second kappa shape index (κ2) is 4.21. The first kappa shape index (κ1) is 11.7. The number of benzene rings is 1. The maximum absolute atomic E-state index is 12.0. The Balaban J connectivity index is 2.31. The SMILES string of the molecule is Cc1ccc(S(=O)(=O)Cc2cc(=O)[nH][nH]2)cc1. The summed E-state index contributed by atoms with van der Waals surface area (Å²) in [6.07, 6.45) is 0. The highest BCUT2D eigenvalue weighted by Crippen LogP contribution is 2.15. The fraction of sp³-hybridized carbons (Fsp3) is 0.182. The molecule has 1 heterocycles. The molecule has 0 unspecified atom stereocenters. The molecule has 0 saturated carbocycles. The summed E-state index contributed by atoms with van der Waals surface area (Å²) < 4.78 is 24.0. The van der Waals surface area contributed by atoms with Gasteiger partial charge in [0.2, 0.25) is 0 Å². The molecule has 0 radical (unpaired) electrons. The predicted molar refractivity (Wildman–Crippen MR) is 63.5 cm³/mol. The average molecular weight is 252 g/mol. The van der Waals surface area contributed by atoms with Crippen LogP contribution in [0.3, 0.4) is 0 Å². The monoisotopic (exact) mass is 252 g/mol. The number of aromatic nitrogens is 2. The lowest BCUT2D eigenvalue weighted by molar-refractivity contribution is 0.594. The molecule has 0 atom stereocenters. The topological polar surface area (TPSA) is 82.8 Å². The lowest BCUT2D eigenvalue weighted by Crippen LogP contribution is -2.05. The van der Waals surface area contributed by atoms with Gasteiger partial charge in [0.1, 0.15) is 0 Å². The Labute approximate surface area is 98.4 Å². The molecule has 0 amide bonds. The van der Waals surface area contributed by atoms with E-state index in [0.717, 1.165) is 5.56 Å². The van der Waals surface area contributed by atoms with Crippen LogP contribution in [0.25, 0.3) is 0 Å². The third-order valence-corrected chi connectivity index (χ3v) is 4.06.